The van der Waals surface area contributed by atoms with Crippen molar-refractivity contribution in [3.63, 3.8) is 0 Å². The summed E-state index contributed by atoms with van der Waals surface area (Å²) in [4.78, 5) is 17.6. The Morgan fingerprint density at radius 3 is 2.82 bits per heavy atom. The number of fused-ring (bicyclic) bond motifs is 1. The molecule has 3 rings (SSSR count). The molecular formula is C16H17Cl2N3O. The number of benzene rings is 1. The minimum atomic E-state index is 0. The second kappa shape index (κ2) is 6.65. The third-order valence-electron chi connectivity index (χ3n) is 3.91. The molecule has 6 heteroatoms. The van der Waals surface area contributed by atoms with Crippen molar-refractivity contribution in [1.29, 1.82) is 0 Å². The van der Waals surface area contributed by atoms with E-state index in [0.29, 0.717) is 18.0 Å². The molecule has 0 bridgehead atoms. The molecule has 0 radical (unpaired) electrons. The molecule has 2 heterocycles. The Morgan fingerprint density at radius 2 is 2.09 bits per heavy atom. The Balaban J connectivity index is 0.00000176. The number of halogens is 2. The highest BCUT2D eigenvalue weighted by Gasteiger charge is 2.21. The first-order chi connectivity index (χ1) is 10.1. The van der Waals surface area contributed by atoms with Crippen molar-refractivity contribution in [3.05, 3.63) is 46.7 Å². The maximum absolute atomic E-state index is 11.7. The van der Waals surface area contributed by atoms with Crippen molar-refractivity contribution in [2.45, 2.75) is 19.4 Å². The summed E-state index contributed by atoms with van der Waals surface area (Å²) in [7, 11) is 1.81. The lowest BCUT2D eigenvalue weighted by Gasteiger charge is -2.26. The summed E-state index contributed by atoms with van der Waals surface area (Å²) in [5.41, 5.74) is 10.5. The van der Waals surface area contributed by atoms with Crippen molar-refractivity contribution in [2.24, 2.45) is 5.73 Å². The molecule has 1 aliphatic heterocycles. The van der Waals surface area contributed by atoms with E-state index < -0.39 is 0 Å². The van der Waals surface area contributed by atoms with Crippen LogP contribution in [-0.2, 0) is 17.8 Å². The van der Waals surface area contributed by atoms with Crippen LogP contribution in [0.2, 0.25) is 5.02 Å². The highest BCUT2D eigenvalue weighted by Crippen LogP contribution is 2.34. The van der Waals surface area contributed by atoms with Gasteiger partial charge in [0.1, 0.15) is 0 Å². The monoisotopic (exact) mass is 337 g/mol. The molecule has 2 N–H and O–H groups in total. The van der Waals surface area contributed by atoms with Gasteiger partial charge in [-0.2, -0.15) is 0 Å². The summed E-state index contributed by atoms with van der Waals surface area (Å²) in [5.74, 6) is 0.153. The first-order valence-electron chi connectivity index (χ1n) is 6.84. The van der Waals surface area contributed by atoms with Crippen molar-refractivity contribution >= 4 is 35.6 Å². The summed E-state index contributed by atoms with van der Waals surface area (Å²) >= 11 is 6.39. The molecule has 0 unspecified atom stereocenters. The number of nitrogens with zero attached hydrogens (tertiary/aromatic N) is 2. The van der Waals surface area contributed by atoms with Gasteiger partial charge in [0.25, 0.3) is 0 Å². The summed E-state index contributed by atoms with van der Waals surface area (Å²) < 4.78 is 0. The fourth-order valence-corrected chi connectivity index (χ4v) is 2.94. The Kier molecular flexibility index (Phi) is 5.06. The molecule has 0 spiro atoms. The van der Waals surface area contributed by atoms with Crippen molar-refractivity contribution in [2.75, 3.05) is 11.9 Å². The quantitative estimate of drug-likeness (QED) is 0.915. The topological polar surface area (TPSA) is 59.2 Å². The van der Waals surface area contributed by atoms with Crippen LogP contribution in [0.1, 0.15) is 17.5 Å². The molecule has 4 nitrogen and oxygen atoms in total. The average molecular weight is 338 g/mol. The number of hydrogen-bond donors (Lipinski definition) is 1. The van der Waals surface area contributed by atoms with Crippen molar-refractivity contribution in [3.8, 4) is 11.1 Å². The lowest BCUT2D eigenvalue weighted by molar-refractivity contribution is -0.118. The molecule has 0 saturated carbocycles. The molecule has 1 amide bonds. The van der Waals surface area contributed by atoms with Gasteiger partial charge >= 0.3 is 0 Å². The van der Waals surface area contributed by atoms with Crippen LogP contribution in [0.4, 0.5) is 5.69 Å². The summed E-state index contributed by atoms with van der Waals surface area (Å²) in [6.07, 6.45) is 4.74. The predicted octanol–water partition coefficient (Wildman–Crippen LogP) is 3.19. The van der Waals surface area contributed by atoms with Crippen LogP contribution in [0.5, 0.6) is 0 Å². The fourth-order valence-electron chi connectivity index (χ4n) is 2.66. The minimum absolute atomic E-state index is 0. The Hall–Kier alpha value is -1.62. The number of carbonyl (C=O) groups is 1. The van der Waals surface area contributed by atoms with Crippen molar-refractivity contribution < 1.29 is 4.79 Å². The number of carbonyl (C=O) groups excluding carboxylic acids is 1. The normalized spacial score (nSPS) is 13.6. The van der Waals surface area contributed by atoms with E-state index in [0.717, 1.165) is 34.4 Å². The zero-order chi connectivity index (χ0) is 15.0. The average Bonchev–Trinajstić information content (AvgIpc) is 2.51. The van der Waals surface area contributed by atoms with E-state index in [4.69, 9.17) is 17.3 Å². The largest absolute Gasteiger partial charge is 0.326 e. The minimum Gasteiger partial charge on any atom is -0.326 e. The van der Waals surface area contributed by atoms with Gasteiger partial charge in [-0.15, -0.1) is 12.4 Å². The number of aromatic nitrogens is 1. The molecule has 1 aromatic heterocycles. The maximum Gasteiger partial charge on any atom is 0.227 e. The van der Waals surface area contributed by atoms with Crippen LogP contribution in [0.25, 0.3) is 11.1 Å². The van der Waals surface area contributed by atoms with Gasteiger partial charge in [-0.05, 0) is 29.7 Å². The standard InChI is InChI=1S/C16H16ClN3O.ClH/c1-20-14-4-2-10(6-11(14)3-5-15(20)21)13-9-19-8-12(7-18)16(13)17;/h2,4,6,8-9H,3,5,7,18H2,1H3;1H. The van der Waals surface area contributed by atoms with E-state index in [-0.39, 0.29) is 18.3 Å². The van der Waals surface area contributed by atoms with Gasteiger partial charge in [0.2, 0.25) is 5.91 Å². The number of anilines is 1. The molecule has 116 valence electrons. The molecule has 2 aromatic rings. The van der Waals surface area contributed by atoms with Crippen molar-refractivity contribution in [1.82, 2.24) is 4.98 Å². The van der Waals surface area contributed by atoms with E-state index in [2.05, 4.69) is 11.1 Å². The molecule has 0 saturated heterocycles. The number of rotatable bonds is 2. The second-order valence-corrected chi connectivity index (χ2v) is 5.54. The van der Waals surface area contributed by atoms with Crippen LogP contribution in [0, 0.1) is 0 Å². The van der Waals surface area contributed by atoms with Crippen LogP contribution in [0.3, 0.4) is 0 Å². The van der Waals surface area contributed by atoms with Gasteiger partial charge in [-0.25, -0.2) is 0 Å². The first-order valence-corrected chi connectivity index (χ1v) is 7.22. The Labute approximate surface area is 140 Å². The van der Waals surface area contributed by atoms with E-state index in [1.807, 2.05) is 19.2 Å². The Bertz CT molecular complexity index is 719. The summed E-state index contributed by atoms with van der Waals surface area (Å²) in [6.45, 7) is 0.363. The molecule has 0 fully saturated rings. The number of aryl methyl sites for hydroxylation is 1. The van der Waals surface area contributed by atoms with Gasteiger partial charge in [-0.3, -0.25) is 9.78 Å². The molecule has 1 aliphatic rings. The van der Waals surface area contributed by atoms with Gasteiger partial charge in [0, 0.05) is 49.2 Å². The number of amides is 1. The summed E-state index contributed by atoms with van der Waals surface area (Å²) in [6, 6.07) is 6.02. The van der Waals surface area contributed by atoms with E-state index in [1.165, 1.54) is 0 Å². The highest BCUT2D eigenvalue weighted by atomic mass is 35.5. The maximum atomic E-state index is 11.7. The lowest BCUT2D eigenvalue weighted by atomic mass is 9.96. The number of nitrogens with two attached hydrogens (primary N) is 1. The van der Waals surface area contributed by atoms with E-state index in [1.54, 1.807) is 17.3 Å². The lowest BCUT2D eigenvalue weighted by Crippen LogP contribution is -2.30. The third kappa shape index (κ3) is 2.82. The van der Waals surface area contributed by atoms with Gasteiger partial charge in [0.05, 0.1) is 5.02 Å². The predicted molar refractivity (Wildman–Crippen MR) is 91.6 cm³/mol. The highest BCUT2D eigenvalue weighted by molar-refractivity contribution is 6.34. The zero-order valence-electron chi connectivity index (χ0n) is 12.2. The van der Waals surface area contributed by atoms with Gasteiger partial charge in [-0.1, -0.05) is 17.7 Å². The van der Waals surface area contributed by atoms with Crippen LogP contribution < -0.4 is 10.6 Å². The zero-order valence-corrected chi connectivity index (χ0v) is 13.7. The number of hydrogen-bond acceptors (Lipinski definition) is 3. The third-order valence-corrected chi connectivity index (χ3v) is 4.35. The molecular weight excluding hydrogens is 321 g/mol. The molecule has 0 aliphatic carbocycles. The second-order valence-electron chi connectivity index (χ2n) is 5.16. The fraction of sp³-hybridized carbons (Fsp3) is 0.250. The van der Waals surface area contributed by atoms with Gasteiger partial charge in [0.15, 0.2) is 0 Å². The summed E-state index contributed by atoms with van der Waals surface area (Å²) in [5, 5.41) is 0.646. The molecule has 1 aromatic carbocycles. The van der Waals surface area contributed by atoms with Crippen LogP contribution in [-0.4, -0.2) is 17.9 Å². The van der Waals surface area contributed by atoms with E-state index >= 15 is 0 Å². The first kappa shape index (κ1) is 16.7. The van der Waals surface area contributed by atoms with Crippen LogP contribution in [0.15, 0.2) is 30.6 Å². The Morgan fingerprint density at radius 1 is 1.32 bits per heavy atom. The van der Waals surface area contributed by atoms with Crippen LogP contribution >= 0.6 is 24.0 Å². The molecule has 22 heavy (non-hydrogen) atoms. The van der Waals surface area contributed by atoms with Gasteiger partial charge < -0.3 is 10.6 Å². The smallest absolute Gasteiger partial charge is 0.227 e. The van der Waals surface area contributed by atoms with E-state index in [9.17, 15) is 4.79 Å². The number of pyridine rings is 1. The molecule has 0 atom stereocenters. The SMILES string of the molecule is CN1C(=O)CCc2cc(-c3cncc(CN)c3Cl)ccc21.Cl.